The fourth-order valence-corrected chi connectivity index (χ4v) is 3.68. The highest BCUT2D eigenvalue weighted by atomic mass is 15.3. The summed E-state index contributed by atoms with van der Waals surface area (Å²) in [7, 11) is 2.29. The van der Waals surface area contributed by atoms with Crippen molar-refractivity contribution in [3.8, 4) is 0 Å². The first-order valence-electron chi connectivity index (χ1n) is 7.92. The molecule has 0 aromatic heterocycles. The molecule has 0 amide bonds. The van der Waals surface area contributed by atoms with Crippen LogP contribution in [0.5, 0.6) is 0 Å². The van der Waals surface area contributed by atoms with Gasteiger partial charge in [0.05, 0.1) is 0 Å². The number of hydrogen-bond donors (Lipinski definition) is 1. The van der Waals surface area contributed by atoms with Crippen LogP contribution >= 0.6 is 0 Å². The second kappa shape index (κ2) is 6.88. The molecule has 106 valence electrons. The molecule has 0 bridgehead atoms. The van der Waals surface area contributed by atoms with Crippen LogP contribution in [0.25, 0.3) is 0 Å². The number of rotatable bonds is 4. The molecule has 1 aliphatic carbocycles. The second-order valence-corrected chi connectivity index (χ2v) is 6.10. The predicted molar refractivity (Wildman–Crippen MR) is 78.0 cm³/mol. The van der Waals surface area contributed by atoms with Gasteiger partial charge in [-0.15, -0.1) is 0 Å². The van der Waals surface area contributed by atoms with Gasteiger partial charge in [-0.1, -0.05) is 13.8 Å². The summed E-state index contributed by atoms with van der Waals surface area (Å²) >= 11 is 0. The van der Waals surface area contributed by atoms with Crippen molar-refractivity contribution in [1.82, 2.24) is 15.1 Å². The SMILES string of the molecule is CCNC1CCC(N2CCN(C)C(CC)C2)CC1. The molecule has 1 heterocycles. The van der Waals surface area contributed by atoms with E-state index in [1.54, 1.807) is 0 Å². The lowest BCUT2D eigenvalue weighted by atomic mass is 9.89. The molecule has 1 atom stereocenters. The smallest absolute Gasteiger partial charge is 0.0218 e. The van der Waals surface area contributed by atoms with Gasteiger partial charge in [-0.05, 0) is 45.7 Å². The summed E-state index contributed by atoms with van der Waals surface area (Å²) in [4.78, 5) is 5.32. The van der Waals surface area contributed by atoms with Crippen LogP contribution in [0.1, 0.15) is 46.0 Å². The molecule has 18 heavy (non-hydrogen) atoms. The van der Waals surface area contributed by atoms with Gasteiger partial charge in [-0.25, -0.2) is 0 Å². The summed E-state index contributed by atoms with van der Waals surface area (Å²) in [5.41, 5.74) is 0. The van der Waals surface area contributed by atoms with Gasteiger partial charge in [0.25, 0.3) is 0 Å². The van der Waals surface area contributed by atoms with Crippen molar-refractivity contribution in [3.63, 3.8) is 0 Å². The fourth-order valence-electron chi connectivity index (χ4n) is 3.68. The minimum atomic E-state index is 0.783. The summed E-state index contributed by atoms with van der Waals surface area (Å²) in [6.07, 6.45) is 6.85. The number of likely N-dealkylation sites (N-methyl/N-ethyl adjacent to an activating group) is 1. The van der Waals surface area contributed by atoms with Crippen molar-refractivity contribution < 1.29 is 0 Å². The van der Waals surface area contributed by atoms with Gasteiger partial charge < -0.3 is 10.2 Å². The molecule has 0 radical (unpaired) electrons. The molecule has 1 aliphatic heterocycles. The molecule has 0 aromatic rings. The lowest BCUT2D eigenvalue weighted by molar-refractivity contribution is 0.0459. The minimum Gasteiger partial charge on any atom is -0.314 e. The van der Waals surface area contributed by atoms with Gasteiger partial charge in [0.15, 0.2) is 0 Å². The van der Waals surface area contributed by atoms with E-state index in [-0.39, 0.29) is 0 Å². The maximum Gasteiger partial charge on any atom is 0.0218 e. The Morgan fingerprint density at radius 1 is 1.06 bits per heavy atom. The monoisotopic (exact) mass is 253 g/mol. The minimum absolute atomic E-state index is 0.783. The summed E-state index contributed by atoms with van der Waals surface area (Å²) < 4.78 is 0. The van der Waals surface area contributed by atoms with Gasteiger partial charge >= 0.3 is 0 Å². The Hall–Kier alpha value is -0.120. The highest BCUT2D eigenvalue weighted by Gasteiger charge is 2.30. The van der Waals surface area contributed by atoms with Crippen LogP contribution in [0.15, 0.2) is 0 Å². The van der Waals surface area contributed by atoms with Crippen LogP contribution in [0.3, 0.4) is 0 Å². The Labute approximate surface area is 113 Å². The average molecular weight is 253 g/mol. The van der Waals surface area contributed by atoms with E-state index in [0.29, 0.717) is 0 Å². The van der Waals surface area contributed by atoms with E-state index < -0.39 is 0 Å². The van der Waals surface area contributed by atoms with Gasteiger partial charge in [0.1, 0.15) is 0 Å². The Bertz CT molecular complexity index is 236. The maximum atomic E-state index is 3.61. The van der Waals surface area contributed by atoms with E-state index in [4.69, 9.17) is 0 Å². The quantitative estimate of drug-likeness (QED) is 0.826. The van der Waals surface area contributed by atoms with Crippen LogP contribution in [-0.2, 0) is 0 Å². The van der Waals surface area contributed by atoms with Crippen LogP contribution in [0.4, 0.5) is 0 Å². The molecular formula is C15H31N3. The molecule has 2 aliphatic rings. The topological polar surface area (TPSA) is 18.5 Å². The van der Waals surface area contributed by atoms with Gasteiger partial charge in [0, 0.05) is 37.8 Å². The standard InChI is InChI=1S/C15H31N3/c1-4-14-12-18(11-10-17(14)3)15-8-6-13(7-9-15)16-5-2/h13-16H,4-12H2,1-3H3. The molecule has 1 saturated heterocycles. The Kier molecular flexibility index (Phi) is 5.46. The van der Waals surface area contributed by atoms with E-state index in [2.05, 4.69) is 36.0 Å². The first-order chi connectivity index (χ1) is 8.74. The molecule has 2 rings (SSSR count). The second-order valence-electron chi connectivity index (χ2n) is 6.10. The molecule has 3 nitrogen and oxygen atoms in total. The molecule has 0 aromatic carbocycles. The number of hydrogen-bond acceptors (Lipinski definition) is 3. The highest BCUT2D eigenvalue weighted by molar-refractivity contribution is 4.87. The van der Waals surface area contributed by atoms with E-state index in [9.17, 15) is 0 Å². The molecule has 1 saturated carbocycles. The summed E-state index contributed by atoms with van der Waals surface area (Å²) in [5.74, 6) is 0. The van der Waals surface area contributed by atoms with Crippen molar-refractivity contribution >= 4 is 0 Å². The van der Waals surface area contributed by atoms with Gasteiger partial charge in [-0.3, -0.25) is 4.90 Å². The molecule has 0 spiro atoms. The number of nitrogens with one attached hydrogen (secondary N) is 1. The van der Waals surface area contributed by atoms with Crippen molar-refractivity contribution in [2.24, 2.45) is 0 Å². The first kappa shape index (κ1) is 14.3. The van der Waals surface area contributed by atoms with E-state index in [1.165, 1.54) is 51.7 Å². The third-order valence-corrected chi connectivity index (χ3v) is 4.99. The maximum absolute atomic E-state index is 3.61. The molecule has 3 heteroatoms. The van der Waals surface area contributed by atoms with Crippen LogP contribution in [0, 0.1) is 0 Å². The lowest BCUT2D eigenvalue weighted by Crippen LogP contribution is -2.55. The van der Waals surface area contributed by atoms with E-state index in [1.807, 2.05) is 0 Å². The predicted octanol–water partition coefficient (Wildman–Crippen LogP) is 1.93. The summed E-state index contributed by atoms with van der Waals surface area (Å²) in [6.45, 7) is 9.51. The molecular weight excluding hydrogens is 222 g/mol. The van der Waals surface area contributed by atoms with Crippen molar-refractivity contribution in [2.75, 3.05) is 33.2 Å². The Morgan fingerprint density at radius 2 is 1.78 bits per heavy atom. The summed E-state index contributed by atoms with van der Waals surface area (Å²) in [6, 6.07) is 2.44. The third-order valence-electron chi connectivity index (χ3n) is 4.99. The Morgan fingerprint density at radius 3 is 2.39 bits per heavy atom. The third kappa shape index (κ3) is 3.46. The molecule has 1 unspecified atom stereocenters. The van der Waals surface area contributed by atoms with E-state index >= 15 is 0 Å². The van der Waals surface area contributed by atoms with Crippen LogP contribution in [-0.4, -0.2) is 61.2 Å². The van der Waals surface area contributed by atoms with Gasteiger partial charge in [0.2, 0.25) is 0 Å². The normalized spacial score (nSPS) is 35.8. The van der Waals surface area contributed by atoms with Gasteiger partial charge in [-0.2, -0.15) is 0 Å². The fraction of sp³-hybridized carbons (Fsp3) is 1.00. The number of piperazine rings is 1. The largest absolute Gasteiger partial charge is 0.314 e. The zero-order valence-corrected chi connectivity index (χ0v) is 12.5. The van der Waals surface area contributed by atoms with Crippen LogP contribution < -0.4 is 5.32 Å². The molecule has 1 N–H and O–H groups in total. The van der Waals surface area contributed by atoms with Crippen LogP contribution in [0.2, 0.25) is 0 Å². The van der Waals surface area contributed by atoms with E-state index in [0.717, 1.165) is 24.7 Å². The zero-order chi connectivity index (χ0) is 13.0. The highest BCUT2D eigenvalue weighted by Crippen LogP contribution is 2.25. The zero-order valence-electron chi connectivity index (χ0n) is 12.5. The Balaban J connectivity index is 1.79. The first-order valence-corrected chi connectivity index (χ1v) is 7.92. The average Bonchev–Trinajstić information content (AvgIpc) is 2.41. The van der Waals surface area contributed by atoms with Crippen molar-refractivity contribution in [1.29, 1.82) is 0 Å². The molecule has 2 fully saturated rings. The lowest BCUT2D eigenvalue weighted by Gasteiger charge is -2.45. The number of nitrogens with zero attached hydrogens (tertiary/aromatic N) is 2. The summed E-state index contributed by atoms with van der Waals surface area (Å²) in [5, 5.41) is 3.61. The van der Waals surface area contributed by atoms with Crippen molar-refractivity contribution in [3.05, 3.63) is 0 Å². The van der Waals surface area contributed by atoms with Crippen molar-refractivity contribution in [2.45, 2.75) is 64.1 Å².